The first-order valence-electron chi connectivity index (χ1n) is 6.40. The Morgan fingerprint density at radius 2 is 2.06 bits per heavy atom. The van der Waals surface area contributed by atoms with Gasteiger partial charge in [-0.05, 0) is 6.42 Å². The molecule has 1 fully saturated rings. The fourth-order valence-corrected chi connectivity index (χ4v) is 1.90. The van der Waals surface area contributed by atoms with Gasteiger partial charge in [0.25, 0.3) is 0 Å². The van der Waals surface area contributed by atoms with Crippen molar-refractivity contribution in [3.63, 3.8) is 0 Å². The van der Waals surface area contributed by atoms with Crippen LogP contribution in [0.3, 0.4) is 0 Å². The van der Waals surface area contributed by atoms with Crippen molar-refractivity contribution in [1.29, 1.82) is 0 Å². The molecule has 0 saturated carbocycles. The summed E-state index contributed by atoms with van der Waals surface area (Å²) in [6, 6.07) is 0. The molecule has 1 aliphatic heterocycles. The smallest absolute Gasteiger partial charge is 0.228 e. The molecule has 0 atom stereocenters. The van der Waals surface area contributed by atoms with Crippen molar-refractivity contribution in [2.24, 2.45) is 5.92 Å². The highest BCUT2D eigenvalue weighted by molar-refractivity contribution is 5.80. The predicted octanol–water partition coefficient (Wildman–Crippen LogP) is 0.607. The maximum absolute atomic E-state index is 12.0. The van der Waals surface area contributed by atoms with Crippen LogP contribution in [0, 0.1) is 5.92 Å². The summed E-state index contributed by atoms with van der Waals surface area (Å²) in [5.74, 6) is 0.363. The summed E-state index contributed by atoms with van der Waals surface area (Å²) in [6.07, 6.45) is 4.67. The largest absolute Gasteiger partial charge is 0.395 e. The molecule has 16 heavy (non-hydrogen) atoms. The van der Waals surface area contributed by atoms with E-state index >= 15 is 0 Å². The number of nitrogens with one attached hydrogen (secondary N) is 1. The Hall–Kier alpha value is -0.610. The molecule has 4 heteroatoms. The number of amides is 1. The molecule has 0 aromatic carbocycles. The standard InChI is InChI=1S/C12H24N2O2/c1-2-3-4-5-6-14(7-8-15)12(16)11-9-13-10-11/h11,13,15H,2-10H2,1H3. The van der Waals surface area contributed by atoms with Gasteiger partial charge in [0.1, 0.15) is 0 Å². The van der Waals surface area contributed by atoms with Crippen LogP contribution in [-0.4, -0.2) is 48.7 Å². The third-order valence-corrected chi connectivity index (χ3v) is 3.09. The number of hydrogen-bond donors (Lipinski definition) is 2. The molecule has 1 amide bonds. The molecule has 0 aromatic heterocycles. The lowest BCUT2D eigenvalue weighted by atomic mass is 10.0. The second-order valence-corrected chi connectivity index (χ2v) is 4.46. The molecule has 1 heterocycles. The van der Waals surface area contributed by atoms with Crippen LogP contribution in [0.15, 0.2) is 0 Å². The topological polar surface area (TPSA) is 52.6 Å². The van der Waals surface area contributed by atoms with Crippen molar-refractivity contribution in [2.45, 2.75) is 32.6 Å². The van der Waals surface area contributed by atoms with E-state index < -0.39 is 0 Å². The van der Waals surface area contributed by atoms with Crippen LogP contribution in [-0.2, 0) is 4.79 Å². The van der Waals surface area contributed by atoms with Crippen LogP contribution in [0.5, 0.6) is 0 Å². The van der Waals surface area contributed by atoms with E-state index in [9.17, 15) is 4.79 Å². The molecule has 0 spiro atoms. The number of unbranched alkanes of at least 4 members (excludes halogenated alkanes) is 3. The molecule has 1 rings (SSSR count). The number of carbonyl (C=O) groups is 1. The Kier molecular flexibility index (Phi) is 6.42. The fraction of sp³-hybridized carbons (Fsp3) is 0.917. The third-order valence-electron chi connectivity index (χ3n) is 3.09. The van der Waals surface area contributed by atoms with Crippen LogP contribution in [0.2, 0.25) is 0 Å². The van der Waals surface area contributed by atoms with Crippen molar-refractivity contribution in [1.82, 2.24) is 10.2 Å². The van der Waals surface area contributed by atoms with E-state index in [0.29, 0.717) is 6.54 Å². The minimum absolute atomic E-state index is 0.0691. The number of aliphatic hydroxyl groups is 1. The molecule has 1 aliphatic rings. The number of aliphatic hydroxyl groups excluding tert-OH is 1. The fourth-order valence-electron chi connectivity index (χ4n) is 1.90. The summed E-state index contributed by atoms with van der Waals surface area (Å²) in [4.78, 5) is 13.8. The first-order valence-corrected chi connectivity index (χ1v) is 6.40. The van der Waals surface area contributed by atoms with Gasteiger partial charge in [0.2, 0.25) is 5.91 Å². The van der Waals surface area contributed by atoms with Gasteiger partial charge in [-0.3, -0.25) is 4.79 Å². The van der Waals surface area contributed by atoms with Gasteiger partial charge in [-0.25, -0.2) is 0 Å². The highest BCUT2D eigenvalue weighted by Crippen LogP contribution is 2.10. The van der Waals surface area contributed by atoms with Crippen LogP contribution in [0.25, 0.3) is 0 Å². The summed E-state index contributed by atoms with van der Waals surface area (Å²) in [5.41, 5.74) is 0. The number of carbonyl (C=O) groups excluding carboxylic acids is 1. The summed E-state index contributed by atoms with van der Waals surface area (Å²) < 4.78 is 0. The summed E-state index contributed by atoms with van der Waals surface area (Å²) >= 11 is 0. The number of nitrogens with zero attached hydrogens (tertiary/aromatic N) is 1. The molecule has 0 bridgehead atoms. The van der Waals surface area contributed by atoms with Gasteiger partial charge in [0.05, 0.1) is 12.5 Å². The quantitative estimate of drug-likeness (QED) is 0.598. The maximum Gasteiger partial charge on any atom is 0.228 e. The second-order valence-electron chi connectivity index (χ2n) is 4.46. The summed E-state index contributed by atoms with van der Waals surface area (Å²) in [7, 11) is 0. The Bertz CT molecular complexity index is 205. The normalized spacial score (nSPS) is 15.9. The molecular formula is C12H24N2O2. The molecule has 4 nitrogen and oxygen atoms in total. The van der Waals surface area contributed by atoms with Crippen molar-refractivity contribution >= 4 is 5.91 Å². The lowest BCUT2D eigenvalue weighted by Gasteiger charge is -2.32. The Labute approximate surface area is 98.0 Å². The molecule has 0 radical (unpaired) electrons. The van der Waals surface area contributed by atoms with Gasteiger partial charge in [-0.2, -0.15) is 0 Å². The van der Waals surface area contributed by atoms with Gasteiger partial charge in [-0.1, -0.05) is 26.2 Å². The van der Waals surface area contributed by atoms with Crippen LogP contribution >= 0.6 is 0 Å². The zero-order chi connectivity index (χ0) is 11.8. The van der Waals surface area contributed by atoms with Gasteiger partial charge >= 0.3 is 0 Å². The second kappa shape index (κ2) is 7.63. The third kappa shape index (κ3) is 4.10. The van der Waals surface area contributed by atoms with Gasteiger partial charge < -0.3 is 15.3 Å². The zero-order valence-corrected chi connectivity index (χ0v) is 10.2. The van der Waals surface area contributed by atoms with Gasteiger partial charge in [0.15, 0.2) is 0 Å². The molecule has 94 valence electrons. The molecule has 0 aliphatic carbocycles. The molecule has 0 unspecified atom stereocenters. The minimum atomic E-state index is 0.0691. The molecular weight excluding hydrogens is 204 g/mol. The predicted molar refractivity (Wildman–Crippen MR) is 64.2 cm³/mol. The van der Waals surface area contributed by atoms with Crippen molar-refractivity contribution in [3.05, 3.63) is 0 Å². The summed E-state index contributed by atoms with van der Waals surface area (Å²) in [6.45, 7) is 5.14. The first kappa shape index (κ1) is 13.5. The molecule has 1 saturated heterocycles. The number of rotatable bonds is 8. The lowest BCUT2D eigenvalue weighted by Crippen LogP contribution is -2.52. The Balaban J connectivity index is 2.25. The Morgan fingerprint density at radius 3 is 2.56 bits per heavy atom. The summed E-state index contributed by atoms with van der Waals surface area (Å²) in [5, 5.41) is 12.1. The minimum Gasteiger partial charge on any atom is -0.395 e. The van der Waals surface area contributed by atoms with E-state index in [4.69, 9.17) is 5.11 Å². The van der Waals surface area contributed by atoms with Crippen molar-refractivity contribution in [3.8, 4) is 0 Å². The van der Waals surface area contributed by atoms with Crippen LogP contribution < -0.4 is 5.32 Å². The van der Waals surface area contributed by atoms with Gasteiger partial charge in [0, 0.05) is 26.2 Å². The van der Waals surface area contributed by atoms with E-state index in [-0.39, 0.29) is 18.4 Å². The molecule has 0 aromatic rings. The van der Waals surface area contributed by atoms with Gasteiger partial charge in [-0.15, -0.1) is 0 Å². The highest BCUT2D eigenvalue weighted by atomic mass is 16.3. The monoisotopic (exact) mass is 228 g/mol. The van der Waals surface area contributed by atoms with Crippen molar-refractivity contribution in [2.75, 3.05) is 32.8 Å². The van der Waals surface area contributed by atoms with E-state index in [1.54, 1.807) is 0 Å². The zero-order valence-electron chi connectivity index (χ0n) is 10.2. The van der Waals surface area contributed by atoms with E-state index in [2.05, 4.69) is 12.2 Å². The van der Waals surface area contributed by atoms with Crippen molar-refractivity contribution < 1.29 is 9.90 Å². The highest BCUT2D eigenvalue weighted by Gasteiger charge is 2.28. The first-order chi connectivity index (χ1) is 7.79. The maximum atomic E-state index is 12.0. The SMILES string of the molecule is CCCCCCN(CCO)C(=O)C1CNC1. The van der Waals surface area contributed by atoms with Crippen LogP contribution in [0.1, 0.15) is 32.6 Å². The van der Waals surface area contributed by atoms with Crippen LogP contribution in [0.4, 0.5) is 0 Å². The average molecular weight is 228 g/mol. The average Bonchev–Trinajstić information content (AvgIpc) is 2.20. The molecule has 2 N–H and O–H groups in total. The Morgan fingerprint density at radius 1 is 1.31 bits per heavy atom. The van der Waals surface area contributed by atoms with E-state index in [1.165, 1.54) is 19.3 Å². The van der Waals surface area contributed by atoms with E-state index in [1.807, 2.05) is 4.90 Å². The number of hydrogen-bond acceptors (Lipinski definition) is 3. The van der Waals surface area contributed by atoms with E-state index in [0.717, 1.165) is 26.1 Å². The lowest BCUT2D eigenvalue weighted by molar-refractivity contribution is -0.137.